The highest BCUT2D eigenvalue weighted by atomic mass is 19.3. The smallest absolute Gasteiger partial charge is 0.377 e. The summed E-state index contributed by atoms with van der Waals surface area (Å²) in [5.74, 6) is -6.93. The molecular formula is C18H17F2NO4. The molecule has 2 N–H and O–H groups in total. The second-order valence-corrected chi connectivity index (χ2v) is 6.23. The zero-order valence-corrected chi connectivity index (χ0v) is 13.3. The second kappa shape index (κ2) is 6.07. The van der Waals surface area contributed by atoms with Crippen LogP contribution in [0.4, 0.5) is 8.78 Å². The lowest BCUT2D eigenvalue weighted by Gasteiger charge is -2.40. The molecule has 3 rings (SSSR count). The van der Waals surface area contributed by atoms with Gasteiger partial charge in [0.1, 0.15) is 5.60 Å². The highest BCUT2D eigenvalue weighted by molar-refractivity contribution is 6.07. The number of carboxylic acid groups (broad SMARTS) is 1. The summed E-state index contributed by atoms with van der Waals surface area (Å²) in [6.07, 6.45) is -0.994. The summed E-state index contributed by atoms with van der Waals surface area (Å²) in [4.78, 5) is 24.8. The lowest BCUT2D eigenvalue weighted by atomic mass is 9.85. The third kappa shape index (κ3) is 2.84. The number of halogens is 2. The molecule has 1 aliphatic heterocycles. The van der Waals surface area contributed by atoms with Crippen LogP contribution in [0.2, 0.25) is 0 Å². The molecule has 0 aliphatic carbocycles. The van der Waals surface area contributed by atoms with Crippen LogP contribution in [0.5, 0.6) is 0 Å². The van der Waals surface area contributed by atoms with Crippen LogP contribution in [-0.2, 0) is 4.79 Å². The van der Waals surface area contributed by atoms with Gasteiger partial charge in [0, 0.05) is 31.5 Å². The van der Waals surface area contributed by atoms with Gasteiger partial charge in [-0.25, -0.2) is 4.79 Å². The van der Waals surface area contributed by atoms with Crippen molar-refractivity contribution in [3.8, 4) is 0 Å². The topological polar surface area (TPSA) is 77.8 Å². The number of alkyl halides is 2. The summed E-state index contributed by atoms with van der Waals surface area (Å²) in [5.41, 5.74) is -2.19. The van der Waals surface area contributed by atoms with Crippen molar-refractivity contribution in [1.29, 1.82) is 0 Å². The first kappa shape index (κ1) is 17.3. The van der Waals surface area contributed by atoms with E-state index in [2.05, 4.69) is 0 Å². The fourth-order valence-corrected chi connectivity index (χ4v) is 3.18. The number of carbonyl (C=O) groups excluding carboxylic acids is 1. The van der Waals surface area contributed by atoms with Crippen LogP contribution < -0.4 is 0 Å². The molecule has 0 atom stereocenters. The lowest BCUT2D eigenvalue weighted by Crippen LogP contribution is -2.59. The number of hydrogen-bond donors (Lipinski definition) is 2. The minimum atomic E-state index is -4.25. The number of piperidine rings is 1. The van der Waals surface area contributed by atoms with Crippen molar-refractivity contribution < 1.29 is 28.6 Å². The van der Waals surface area contributed by atoms with Crippen LogP contribution in [0, 0.1) is 0 Å². The molecule has 1 saturated heterocycles. The number of aliphatic hydroxyl groups is 1. The van der Waals surface area contributed by atoms with E-state index in [1.165, 1.54) is 4.90 Å². The number of amides is 1. The predicted molar refractivity (Wildman–Crippen MR) is 86.6 cm³/mol. The summed E-state index contributed by atoms with van der Waals surface area (Å²) in [7, 11) is 0. The Hall–Kier alpha value is -2.54. The Balaban J connectivity index is 1.81. The maximum atomic E-state index is 13.7. The van der Waals surface area contributed by atoms with Crippen LogP contribution in [-0.4, -0.2) is 51.6 Å². The number of carbonyl (C=O) groups is 2. The number of likely N-dealkylation sites (tertiary alicyclic amines) is 1. The minimum Gasteiger partial charge on any atom is -0.477 e. The van der Waals surface area contributed by atoms with Gasteiger partial charge in [0.05, 0.1) is 0 Å². The van der Waals surface area contributed by atoms with Gasteiger partial charge in [-0.05, 0) is 16.8 Å². The first-order valence-corrected chi connectivity index (χ1v) is 7.87. The molecule has 0 bridgehead atoms. The number of carboxylic acids is 1. The van der Waals surface area contributed by atoms with Crippen LogP contribution in [0.1, 0.15) is 23.2 Å². The third-order valence-electron chi connectivity index (χ3n) is 4.75. The molecule has 5 nitrogen and oxygen atoms in total. The standard InChI is InChI=1S/C18H17F2NO4/c19-18(20,16(23)24)17(25)8-10-21(11-9-17)15(22)14-7-3-5-12-4-1-2-6-13(12)14/h1-7,25H,8-11H2,(H,23,24). The number of hydrogen-bond acceptors (Lipinski definition) is 3. The average molecular weight is 349 g/mol. The molecule has 1 fully saturated rings. The molecule has 2 aromatic rings. The molecule has 1 aliphatic rings. The fourth-order valence-electron chi connectivity index (χ4n) is 3.18. The first-order valence-electron chi connectivity index (χ1n) is 7.87. The van der Waals surface area contributed by atoms with Crippen molar-refractivity contribution >= 4 is 22.6 Å². The molecule has 0 saturated carbocycles. The largest absolute Gasteiger partial charge is 0.477 e. The minimum absolute atomic E-state index is 0.137. The molecule has 25 heavy (non-hydrogen) atoms. The number of benzene rings is 2. The van der Waals surface area contributed by atoms with Crippen LogP contribution >= 0.6 is 0 Å². The summed E-state index contributed by atoms with van der Waals surface area (Å²) in [6.45, 7) is -0.275. The lowest BCUT2D eigenvalue weighted by molar-refractivity contribution is -0.217. The van der Waals surface area contributed by atoms with Crippen molar-refractivity contribution in [1.82, 2.24) is 4.90 Å². The van der Waals surface area contributed by atoms with E-state index in [4.69, 9.17) is 5.11 Å². The second-order valence-electron chi connectivity index (χ2n) is 6.23. The van der Waals surface area contributed by atoms with E-state index in [0.29, 0.717) is 5.56 Å². The van der Waals surface area contributed by atoms with Crippen molar-refractivity contribution in [2.75, 3.05) is 13.1 Å². The van der Waals surface area contributed by atoms with Gasteiger partial charge in [-0.2, -0.15) is 8.78 Å². The van der Waals surface area contributed by atoms with E-state index in [1.54, 1.807) is 18.2 Å². The molecule has 0 unspecified atom stereocenters. The molecule has 132 valence electrons. The molecule has 2 aromatic carbocycles. The zero-order chi connectivity index (χ0) is 18.2. The zero-order valence-electron chi connectivity index (χ0n) is 13.3. The highest BCUT2D eigenvalue weighted by Gasteiger charge is 2.59. The van der Waals surface area contributed by atoms with E-state index >= 15 is 0 Å². The van der Waals surface area contributed by atoms with Crippen LogP contribution in [0.15, 0.2) is 42.5 Å². The van der Waals surface area contributed by atoms with Crippen LogP contribution in [0.25, 0.3) is 10.8 Å². The predicted octanol–water partition coefficient (Wildman–Crippen LogP) is 2.53. The Bertz CT molecular complexity index is 823. The molecular weight excluding hydrogens is 332 g/mol. The van der Waals surface area contributed by atoms with Gasteiger partial charge >= 0.3 is 11.9 Å². The Morgan fingerprint density at radius 1 is 1.04 bits per heavy atom. The maximum Gasteiger partial charge on any atom is 0.377 e. The molecule has 0 radical (unpaired) electrons. The number of aliphatic carboxylic acids is 1. The fraction of sp³-hybridized carbons (Fsp3) is 0.333. The van der Waals surface area contributed by atoms with Gasteiger partial charge in [-0.3, -0.25) is 4.79 Å². The van der Waals surface area contributed by atoms with Crippen molar-refractivity contribution in [3.05, 3.63) is 48.0 Å². The Morgan fingerprint density at radius 3 is 2.28 bits per heavy atom. The van der Waals surface area contributed by atoms with Gasteiger partial charge in [0.25, 0.3) is 5.91 Å². The maximum absolute atomic E-state index is 13.7. The normalized spacial score (nSPS) is 17.5. The summed E-state index contributed by atoms with van der Waals surface area (Å²) in [6, 6.07) is 12.6. The van der Waals surface area contributed by atoms with Crippen LogP contribution in [0.3, 0.4) is 0 Å². The molecule has 1 heterocycles. The highest BCUT2D eigenvalue weighted by Crippen LogP contribution is 2.38. The Labute approximate surface area is 142 Å². The first-order chi connectivity index (χ1) is 11.8. The van der Waals surface area contributed by atoms with Gasteiger partial charge in [-0.15, -0.1) is 0 Å². The quantitative estimate of drug-likeness (QED) is 0.893. The Kier molecular flexibility index (Phi) is 4.20. The molecule has 0 aromatic heterocycles. The molecule has 1 amide bonds. The summed E-state index contributed by atoms with van der Waals surface area (Å²) in [5, 5.41) is 20.3. The third-order valence-corrected chi connectivity index (χ3v) is 4.75. The molecule has 0 spiro atoms. The van der Waals surface area contributed by atoms with E-state index < -0.39 is 30.3 Å². The van der Waals surface area contributed by atoms with Crippen molar-refractivity contribution in [2.24, 2.45) is 0 Å². The van der Waals surface area contributed by atoms with Gasteiger partial charge in [-0.1, -0.05) is 36.4 Å². The monoisotopic (exact) mass is 349 g/mol. The van der Waals surface area contributed by atoms with E-state index in [1.807, 2.05) is 24.3 Å². The van der Waals surface area contributed by atoms with Gasteiger partial charge < -0.3 is 15.1 Å². The molecule has 7 heteroatoms. The van der Waals surface area contributed by atoms with E-state index in [-0.39, 0.29) is 19.0 Å². The summed E-state index contributed by atoms with van der Waals surface area (Å²) < 4.78 is 27.4. The number of nitrogens with zero attached hydrogens (tertiary/aromatic N) is 1. The summed E-state index contributed by atoms with van der Waals surface area (Å²) >= 11 is 0. The van der Waals surface area contributed by atoms with Crippen molar-refractivity contribution in [2.45, 2.75) is 24.4 Å². The SMILES string of the molecule is O=C(c1cccc2ccccc12)N1CCC(O)(C(F)(F)C(=O)O)CC1. The van der Waals surface area contributed by atoms with Gasteiger partial charge in [0.2, 0.25) is 0 Å². The van der Waals surface area contributed by atoms with E-state index in [0.717, 1.165) is 10.8 Å². The Morgan fingerprint density at radius 2 is 1.64 bits per heavy atom. The number of fused-ring (bicyclic) bond motifs is 1. The van der Waals surface area contributed by atoms with Gasteiger partial charge in [0.15, 0.2) is 0 Å². The van der Waals surface area contributed by atoms with Crippen molar-refractivity contribution in [3.63, 3.8) is 0 Å². The number of rotatable bonds is 3. The van der Waals surface area contributed by atoms with E-state index in [9.17, 15) is 23.5 Å². The average Bonchev–Trinajstić information content (AvgIpc) is 2.61.